The van der Waals surface area contributed by atoms with Crippen molar-refractivity contribution in [1.82, 2.24) is 19.9 Å². The number of carbonyl (C=O) groups excluding carboxylic acids is 1. The van der Waals surface area contributed by atoms with Crippen molar-refractivity contribution >= 4 is 22.5 Å². The van der Waals surface area contributed by atoms with Crippen molar-refractivity contribution in [1.29, 1.82) is 0 Å². The van der Waals surface area contributed by atoms with Gasteiger partial charge in [-0.25, -0.2) is 0 Å². The second-order valence-electron chi connectivity index (χ2n) is 5.76. The average Bonchev–Trinajstić information content (AvgIpc) is 2.55. The highest BCUT2D eigenvalue weighted by Crippen LogP contribution is 2.19. The van der Waals surface area contributed by atoms with E-state index in [1.54, 1.807) is 18.6 Å². The molecule has 6 nitrogen and oxygen atoms in total. The molecule has 0 aliphatic heterocycles. The van der Waals surface area contributed by atoms with Crippen LogP contribution in [-0.2, 0) is 17.9 Å². The van der Waals surface area contributed by atoms with Gasteiger partial charge in [0.15, 0.2) is 0 Å². The van der Waals surface area contributed by atoms with Crippen molar-refractivity contribution in [2.45, 2.75) is 20.0 Å². The molecule has 1 aromatic carbocycles. The Morgan fingerprint density at radius 2 is 1.96 bits per heavy atom. The van der Waals surface area contributed by atoms with Gasteiger partial charge in [0.05, 0.1) is 16.9 Å². The van der Waals surface area contributed by atoms with Crippen LogP contribution in [0.25, 0.3) is 10.9 Å². The summed E-state index contributed by atoms with van der Waals surface area (Å²) < 4.78 is 0. The molecule has 0 fully saturated rings. The van der Waals surface area contributed by atoms with E-state index in [1.807, 2.05) is 37.4 Å². The Hall–Kier alpha value is -2.86. The number of hydrogen-bond acceptors (Lipinski definition) is 5. The number of nitrogens with zero attached hydrogens (tertiary/aromatic N) is 4. The molecule has 24 heavy (non-hydrogen) atoms. The summed E-state index contributed by atoms with van der Waals surface area (Å²) in [5.41, 5.74) is 3.61. The van der Waals surface area contributed by atoms with Gasteiger partial charge < -0.3 is 5.32 Å². The second-order valence-corrected chi connectivity index (χ2v) is 5.76. The lowest BCUT2D eigenvalue weighted by Gasteiger charge is -2.15. The van der Waals surface area contributed by atoms with Crippen LogP contribution in [0.2, 0.25) is 0 Å². The van der Waals surface area contributed by atoms with E-state index < -0.39 is 0 Å². The zero-order valence-electron chi connectivity index (χ0n) is 13.7. The largest absolute Gasteiger partial charge is 0.326 e. The van der Waals surface area contributed by atoms with E-state index in [9.17, 15) is 4.79 Å². The van der Waals surface area contributed by atoms with Gasteiger partial charge in [0.25, 0.3) is 0 Å². The zero-order chi connectivity index (χ0) is 16.9. The molecule has 0 atom stereocenters. The molecule has 0 unspecified atom stereocenters. The molecule has 2 aromatic heterocycles. The maximum absolute atomic E-state index is 11.1. The van der Waals surface area contributed by atoms with E-state index in [0.717, 1.165) is 41.1 Å². The van der Waals surface area contributed by atoms with E-state index in [2.05, 4.69) is 25.2 Å². The molecule has 0 aliphatic rings. The highest BCUT2D eigenvalue weighted by Gasteiger charge is 2.06. The Bertz CT molecular complexity index is 850. The molecular weight excluding hydrogens is 302 g/mol. The molecular formula is C18H19N5O. The van der Waals surface area contributed by atoms with Crippen molar-refractivity contribution < 1.29 is 4.79 Å². The first-order chi connectivity index (χ1) is 11.6. The van der Waals surface area contributed by atoms with E-state index in [1.165, 1.54) is 6.92 Å². The Morgan fingerprint density at radius 1 is 1.12 bits per heavy atom. The molecule has 0 saturated heterocycles. The molecule has 0 bridgehead atoms. The van der Waals surface area contributed by atoms with Crippen LogP contribution >= 0.6 is 0 Å². The fourth-order valence-electron chi connectivity index (χ4n) is 2.56. The molecule has 6 heteroatoms. The first kappa shape index (κ1) is 16.0. The minimum Gasteiger partial charge on any atom is -0.326 e. The Kier molecular flexibility index (Phi) is 4.77. The fourth-order valence-corrected chi connectivity index (χ4v) is 2.56. The number of benzene rings is 1. The standard InChI is InChI=1S/C18H19N5O/c1-13(24)21-15-5-6-18-14(9-15)3-4-16(22-18)11-23(2)12-17-10-19-7-8-20-17/h3-10H,11-12H2,1-2H3,(H,21,24). The fraction of sp³-hybridized carbons (Fsp3) is 0.222. The molecule has 122 valence electrons. The van der Waals surface area contributed by atoms with Crippen LogP contribution in [0.5, 0.6) is 0 Å². The third-order valence-electron chi connectivity index (χ3n) is 3.55. The van der Waals surface area contributed by atoms with Gasteiger partial charge in [-0.15, -0.1) is 0 Å². The normalized spacial score (nSPS) is 11.0. The van der Waals surface area contributed by atoms with Gasteiger partial charge in [0.2, 0.25) is 5.91 Å². The molecule has 0 aliphatic carbocycles. The van der Waals surface area contributed by atoms with Gasteiger partial charge in [-0.3, -0.25) is 24.6 Å². The van der Waals surface area contributed by atoms with Crippen LogP contribution in [-0.4, -0.2) is 32.8 Å². The minimum absolute atomic E-state index is 0.0791. The number of pyridine rings is 1. The summed E-state index contributed by atoms with van der Waals surface area (Å²) in [7, 11) is 2.03. The SMILES string of the molecule is CC(=O)Nc1ccc2nc(CN(C)Cc3cnccn3)ccc2c1. The van der Waals surface area contributed by atoms with Crippen LogP contribution < -0.4 is 5.32 Å². The highest BCUT2D eigenvalue weighted by molar-refractivity contribution is 5.92. The Labute approximate surface area is 140 Å². The molecule has 1 N–H and O–H groups in total. The summed E-state index contributed by atoms with van der Waals surface area (Å²) in [6, 6.07) is 9.75. The van der Waals surface area contributed by atoms with Crippen molar-refractivity contribution in [3.05, 3.63) is 60.3 Å². The number of aromatic nitrogens is 3. The van der Waals surface area contributed by atoms with E-state index >= 15 is 0 Å². The minimum atomic E-state index is -0.0791. The summed E-state index contributed by atoms with van der Waals surface area (Å²) >= 11 is 0. The van der Waals surface area contributed by atoms with Crippen LogP contribution in [0.1, 0.15) is 18.3 Å². The summed E-state index contributed by atoms with van der Waals surface area (Å²) in [5, 5.41) is 3.78. The monoisotopic (exact) mass is 321 g/mol. The third-order valence-corrected chi connectivity index (χ3v) is 3.55. The summed E-state index contributed by atoms with van der Waals surface area (Å²) in [5.74, 6) is -0.0791. The smallest absolute Gasteiger partial charge is 0.221 e. The van der Waals surface area contributed by atoms with Gasteiger partial charge >= 0.3 is 0 Å². The number of amides is 1. The Balaban J connectivity index is 1.72. The number of carbonyl (C=O) groups is 1. The van der Waals surface area contributed by atoms with Crippen molar-refractivity contribution in [3.8, 4) is 0 Å². The number of fused-ring (bicyclic) bond motifs is 1. The van der Waals surface area contributed by atoms with Gasteiger partial charge in [-0.05, 0) is 31.3 Å². The molecule has 0 saturated carbocycles. The van der Waals surface area contributed by atoms with Crippen LogP contribution in [0, 0.1) is 0 Å². The van der Waals surface area contributed by atoms with E-state index in [0.29, 0.717) is 0 Å². The van der Waals surface area contributed by atoms with Crippen molar-refractivity contribution in [3.63, 3.8) is 0 Å². The average molecular weight is 321 g/mol. The van der Waals surface area contributed by atoms with Gasteiger partial charge in [0.1, 0.15) is 0 Å². The molecule has 3 rings (SSSR count). The quantitative estimate of drug-likeness (QED) is 0.782. The number of rotatable bonds is 5. The molecule has 1 amide bonds. The van der Waals surface area contributed by atoms with Crippen LogP contribution in [0.15, 0.2) is 48.9 Å². The lowest BCUT2D eigenvalue weighted by molar-refractivity contribution is -0.114. The first-order valence-electron chi connectivity index (χ1n) is 7.71. The predicted octanol–water partition coefficient (Wildman–Crippen LogP) is 2.62. The third kappa shape index (κ3) is 4.11. The van der Waals surface area contributed by atoms with Crippen molar-refractivity contribution in [2.24, 2.45) is 0 Å². The van der Waals surface area contributed by atoms with Crippen molar-refractivity contribution in [2.75, 3.05) is 12.4 Å². The summed E-state index contributed by atoms with van der Waals surface area (Å²) in [6.45, 7) is 2.94. The van der Waals surface area contributed by atoms with E-state index in [4.69, 9.17) is 0 Å². The number of hydrogen-bond donors (Lipinski definition) is 1. The molecule has 0 spiro atoms. The lowest BCUT2D eigenvalue weighted by atomic mass is 10.1. The van der Waals surface area contributed by atoms with Gasteiger partial charge in [-0.2, -0.15) is 0 Å². The maximum atomic E-state index is 11.1. The van der Waals surface area contributed by atoms with Gasteiger partial charge in [0, 0.05) is 49.7 Å². The van der Waals surface area contributed by atoms with Crippen LogP contribution in [0.4, 0.5) is 5.69 Å². The second kappa shape index (κ2) is 7.14. The van der Waals surface area contributed by atoms with E-state index in [-0.39, 0.29) is 5.91 Å². The number of anilines is 1. The van der Waals surface area contributed by atoms with Crippen LogP contribution in [0.3, 0.4) is 0 Å². The summed E-state index contributed by atoms with van der Waals surface area (Å²) in [6.07, 6.45) is 5.14. The first-order valence-corrected chi connectivity index (χ1v) is 7.71. The Morgan fingerprint density at radius 3 is 2.71 bits per heavy atom. The topological polar surface area (TPSA) is 71.0 Å². The molecule has 2 heterocycles. The zero-order valence-corrected chi connectivity index (χ0v) is 13.7. The molecule has 0 radical (unpaired) electrons. The highest BCUT2D eigenvalue weighted by atomic mass is 16.1. The summed E-state index contributed by atoms with van der Waals surface area (Å²) in [4.78, 5) is 26.3. The maximum Gasteiger partial charge on any atom is 0.221 e. The lowest BCUT2D eigenvalue weighted by Crippen LogP contribution is -2.18. The predicted molar refractivity (Wildman–Crippen MR) is 93.2 cm³/mol. The number of nitrogens with one attached hydrogen (secondary N) is 1. The van der Waals surface area contributed by atoms with Gasteiger partial charge in [-0.1, -0.05) is 6.07 Å². The molecule has 3 aromatic rings.